The van der Waals surface area contributed by atoms with Gasteiger partial charge in [0, 0.05) is 12.0 Å². The average molecular weight is 220 g/mol. The molecule has 0 unspecified atom stereocenters. The lowest BCUT2D eigenvalue weighted by atomic mass is 9.88. The number of benzene rings is 1. The van der Waals surface area contributed by atoms with Gasteiger partial charge in [0.2, 0.25) is 0 Å². The quantitative estimate of drug-likeness (QED) is 0.788. The third-order valence-electron chi connectivity index (χ3n) is 2.63. The van der Waals surface area contributed by atoms with Crippen LogP contribution in [-0.2, 0) is 0 Å². The van der Waals surface area contributed by atoms with Crippen LogP contribution in [0.2, 0.25) is 0 Å². The Balaban J connectivity index is 2.70. The Labute approximate surface area is 97.3 Å². The smallest absolute Gasteiger partial charge is 0.163 e. The van der Waals surface area contributed by atoms with Crippen LogP contribution >= 0.6 is 0 Å². The van der Waals surface area contributed by atoms with Crippen LogP contribution in [0.15, 0.2) is 18.2 Å². The van der Waals surface area contributed by atoms with E-state index >= 15 is 0 Å². The van der Waals surface area contributed by atoms with Gasteiger partial charge in [-0.25, -0.2) is 0 Å². The van der Waals surface area contributed by atoms with Gasteiger partial charge in [0.05, 0.1) is 0 Å². The Morgan fingerprint density at radius 1 is 1.31 bits per heavy atom. The van der Waals surface area contributed by atoms with Gasteiger partial charge in [-0.05, 0) is 30.4 Å². The third-order valence-corrected chi connectivity index (χ3v) is 2.63. The molecule has 0 amide bonds. The number of phenols is 1. The molecule has 0 saturated heterocycles. The molecular weight excluding hydrogens is 200 g/mol. The molecule has 16 heavy (non-hydrogen) atoms. The first-order valence-electron chi connectivity index (χ1n) is 5.62. The number of carbonyl (C=O) groups excluding carboxylic acids is 1. The number of hydrogen-bond acceptors (Lipinski definition) is 2. The molecule has 0 aliphatic rings. The second-order valence-corrected chi connectivity index (χ2v) is 5.49. The number of rotatable bonds is 3. The lowest BCUT2D eigenvalue weighted by Crippen LogP contribution is -2.09. The van der Waals surface area contributed by atoms with Crippen molar-refractivity contribution in [1.82, 2.24) is 0 Å². The number of phenolic OH excluding ortho intramolecular Hbond substituents is 1. The molecule has 2 heteroatoms. The summed E-state index contributed by atoms with van der Waals surface area (Å²) in [6.07, 6.45) is 1.40. The molecule has 1 aromatic carbocycles. The number of aromatic hydroxyl groups is 1. The third kappa shape index (κ3) is 3.69. The predicted molar refractivity (Wildman–Crippen MR) is 65.9 cm³/mol. The van der Waals surface area contributed by atoms with Crippen molar-refractivity contribution in [3.63, 3.8) is 0 Å². The molecular formula is C14H20O2. The van der Waals surface area contributed by atoms with E-state index in [4.69, 9.17) is 0 Å². The van der Waals surface area contributed by atoms with Crippen LogP contribution in [0, 0.1) is 12.3 Å². The molecule has 0 heterocycles. The monoisotopic (exact) mass is 220 g/mol. The highest BCUT2D eigenvalue weighted by Gasteiger charge is 2.14. The fourth-order valence-corrected chi connectivity index (χ4v) is 1.42. The molecule has 0 aliphatic carbocycles. The molecule has 0 bridgehead atoms. The zero-order valence-electron chi connectivity index (χ0n) is 10.5. The first-order valence-corrected chi connectivity index (χ1v) is 5.62. The van der Waals surface area contributed by atoms with Gasteiger partial charge in [0.1, 0.15) is 5.75 Å². The molecule has 1 rings (SSSR count). The van der Waals surface area contributed by atoms with Crippen LogP contribution < -0.4 is 0 Å². The van der Waals surface area contributed by atoms with Crippen molar-refractivity contribution >= 4 is 5.78 Å². The molecule has 1 aromatic rings. The summed E-state index contributed by atoms with van der Waals surface area (Å²) >= 11 is 0. The van der Waals surface area contributed by atoms with Crippen molar-refractivity contribution in [3.8, 4) is 5.75 Å². The van der Waals surface area contributed by atoms with Crippen LogP contribution in [0.1, 0.15) is 49.5 Å². The Morgan fingerprint density at radius 2 is 1.94 bits per heavy atom. The maximum atomic E-state index is 11.8. The Morgan fingerprint density at radius 3 is 2.44 bits per heavy atom. The summed E-state index contributed by atoms with van der Waals surface area (Å²) in [5, 5.41) is 9.52. The zero-order valence-corrected chi connectivity index (χ0v) is 10.5. The SMILES string of the molecule is Cc1ccc(C(=O)CCC(C)(C)C)cc1O. The molecule has 0 radical (unpaired) electrons. The van der Waals surface area contributed by atoms with Gasteiger partial charge in [0.15, 0.2) is 5.78 Å². The summed E-state index contributed by atoms with van der Waals surface area (Å²) in [4.78, 5) is 11.8. The molecule has 0 aromatic heterocycles. The van der Waals surface area contributed by atoms with Gasteiger partial charge in [-0.2, -0.15) is 0 Å². The van der Waals surface area contributed by atoms with Crippen LogP contribution in [0.3, 0.4) is 0 Å². The average Bonchev–Trinajstić information content (AvgIpc) is 2.17. The number of aryl methyl sites for hydroxylation is 1. The van der Waals surface area contributed by atoms with Crippen LogP contribution in [0.5, 0.6) is 5.75 Å². The minimum absolute atomic E-state index is 0.102. The first-order chi connectivity index (χ1) is 7.29. The van der Waals surface area contributed by atoms with Gasteiger partial charge in [-0.1, -0.05) is 32.9 Å². The number of ketones is 1. The van der Waals surface area contributed by atoms with Gasteiger partial charge >= 0.3 is 0 Å². The van der Waals surface area contributed by atoms with Crippen molar-refractivity contribution in [2.75, 3.05) is 0 Å². The molecule has 0 aliphatic heterocycles. The van der Waals surface area contributed by atoms with E-state index in [1.165, 1.54) is 0 Å². The van der Waals surface area contributed by atoms with E-state index in [9.17, 15) is 9.90 Å². The molecule has 0 saturated carbocycles. The summed E-state index contributed by atoms with van der Waals surface area (Å²) in [7, 11) is 0. The van der Waals surface area contributed by atoms with E-state index in [1.54, 1.807) is 18.2 Å². The minimum Gasteiger partial charge on any atom is -0.508 e. The van der Waals surface area contributed by atoms with Gasteiger partial charge < -0.3 is 5.11 Å². The van der Waals surface area contributed by atoms with Crippen molar-refractivity contribution in [1.29, 1.82) is 0 Å². The van der Waals surface area contributed by atoms with Gasteiger partial charge in [0.25, 0.3) is 0 Å². The Hall–Kier alpha value is -1.31. The number of carbonyl (C=O) groups is 1. The van der Waals surface area contributed by atoms with Crippen LogP contribution in [0.25, 0.3) is 0 Å². The molecule has 0 spiro atoms. The summed E-state index contributed by atoms with van der Waals surface area (Å²) in [5.74, 6) is 0.298. The highest BCUT2D eigenvalue weighted by molar-refractivity contribution is 5.96. The fraction of sp³-hybridized carbons (Fsp3) is 0.500. The molecule has 1 N–H and O–H groups in total. The van der Waals surface area contributed by atoms with Crippen LogP contribution in [-0.4, -0.2) is 10.9 Å². The summed E-state index contributed by atoms with van der Waals surface area (Å²) in [5.41, 5.74) is 1.57. The number of hydrogen-bond donors (Lipinski definition) is 1. The zero-order chi connectivity index (χ0) is 12.3. The second kappa shape index (κ2) is 4.69. The summed E-state index contributed by atoms with van der Waals surface area (Å²) in [6, 6.07) is 5.11. The van der Waals surface area contributed by atoms with E-state index in [0.717, 1.165) is 12.0 Å². The predicted octanol–water partition coefficient (Wildman–Crippen LogP) is 3.71. The van der Waals surface area contributed by atoms with E-state index in [-0.39, 0.29) is 16.9 Å². The Bertz CT molecular complexity index is 386. The highest BCUT2D eigenvalue weighted by Crippen LogP contribution is 2.23. The topological polar surface area (TPSA) is 37.3 Å². The van der Waals surface area contributed by atoms with Crippen LogP contribution in [0.4, 0.5) is 0 Å². The minimum atomic E-state index is 0.102. The normalized spacial score (nSPS) is 11.5. The van der Waals surface area contributed by atoms with Crippen molar-refractivity contribution in [3.05, 3.63) is 29.3 Å². The lowest BCUT2D eigenvalue weighted by Gasteiger charge is -2.17. The summed E-state index contributed by atoms with van der Waals surface area (Å²) in [6.45, 7) is 8.17. The van der Waals surface area contributed by atoms with E-state index in [0.29, 0.717) is 12.0 Å². The number of Topliss-reactive ketones (excluding diaryl/α,β-unsaturated/α-hetero) is 1. The second-order valence-electron chi connectivity index (χ2n) is 5.49. The van der Waals surface area contributed by atoms with E-state index in [1.807, 2.05) is 6.92 Å². The van der Waals surface area contributed by atoms with Gasteiger partial charge in [-0.3, -0.25) is 4.79 Å². The van der Waals surface area contributed by atoms with E-state index < -0.39 is 0 Å². The van der Waals surface area contributed by atoms with E-state index in [2.05, 4.69) is 20.8 Å². The highest BCUT2D eigenvalue weighted by atomic mass is 16.3. The molecule has 2 nitrogen and oxygen atoms in total. The standard InChI is InChI=1S/C14H20O2/c1-10-5-6-11(9-13(10)16)12(15)7-8-14(2,3)4/h5-6,9,16H,7-8H2,1-4H3. The van der Waals surface area contributed by atoms with Crippen molar-refractivity contribution in [2.45, 2.75) is 40.5 Å². The largest absolute Gasteiger partial charge is 0.508 e. The van der Waals surface area contributed by atoms with Gasteiger partial charge in [-0.15, -0.1) is 0 Å². The lowest BCUT2D eigenvalue weighted by molar-refractivity contribution is 0.0965. The molecule has 88 valence electrons. The Kier molecular flexibility index (Phi) is 3.74. The fourth-order valence-electron chi connectivity index (χ4n) is 1.42. The van der Waals surface area contributed by atoms with Crippen molar-refractivity contribution in [2.24, 2.45) is 5.41 Å². The maximum absolute atomic E-state index is 11.8. The molecule has 0 atom stereocenters. The maximum Gasteiger partial charge on any atom is 0.163 e. The first kappa shape index (κ1) is 12.8. The van der Waals surface area contributed by atoms with Crippen molar-refractivity contribution < 1.29 is 9.90 Å². The summed E-state index contributed by atoms with van der Waals surface area (Å²) < 4.78 is 0. The molecule has 0 fully saturated rings.